The molecule has 0 unspecified atom stereocenters. The summed E-state index contributed by atoms with van der Waals surface area (Å²) >= 11 is 5.87. The van der Waals surface area contributed by atoms with Crippen molar-refractivity contribution in [1.29, 1.82) is 0 Å². The summed E-state index contributed by atoms with van der Waals surface area (Å²) in [6.45, 7) is 1.59. The van der Waals surface area contributed by atoms with Crippen molar-refractivity contribution in [3.63, 3.8) is 0 Å². The van der Waals surface area contributed by atoms with Crippen LogP contribution in [0.15, 0.2) is 36.5 Å². The first-order valence-corrected chi connectivity index (χ1v) is 8.42. The number of nitrogens with one attached hydrogen (secondary N) is 1. The van der Waals surface area contributed by atoms with Crippen LogP contribution in [0, 0.1) is 0 Å². The van der Waals surface area contributed by atoms with E-state index in [1.54, 1.807) is 24.4 Å². The Morgan fingerprint density at radius 1 is 1.21 bits per heavy atom. The maximum absolute atomic E-state index is 13.0. The van der Waals surface area contributed by atoms with Crippen molar-refractivity contribution >= 4 is 11.6 Å². The molecule has 128 valence electrons. The number of alkyl halides is 1. The second-order valence-electron chi connectivity index (χ2n) is 5.72. The molecule has 1 aliphatic rings. The fourth-order valence-electron chi connectivity index (χ4n) is 2.66. The van der Waals surface area contributed by atoms with Crippen LogP contribution in [0.1, 0.15) is 24.1 Å². The molecule has 1 N–H and O–H groups in total. The normalized spacial score (nSPS) is 15.2. The lowest BCUT2D eigenvalue weighted by atomic mass is 10.1. The third kappa shape index (κ3) is 4.58. The molecule has 4 nitrogen and oxygen atoms in total. The van der Waals surface area contributed by atoms with Crippen LogP contribution < -0.4 is 14.8 Å². The molecule has 0 saturated carbocycles. The lowest BCUT2D eigenvalue weighted by Crippen LogP contribution is -2.34. The summed E-state index contributed by atoms with van der Waals surface area (Å²) in [5, 5.41) is 3.80. The van der Waals surface area contributed by atoms with Crippen LogP contribution in [-0.4, -0.2) is 24.2 Å². The van der Waals surface area contributed by atoms with Crippen molar-refractivity contribution in [2.75, 3.05) is 13.1 Å². The van der Waals surface area contributed by atoms with Crippen molar-refractivity contribution in [2.45, 2.75) is 32.2 Å². The molecule has 6 heteroatoms. The van der Waals surface area contributed by atoms with Crippen LogP contribution >= 0.6 is 11.6 Å². The molecule has 1 fully saturated rings. The molecule has 2 heterocycles. The molecular weight excluding hydrogens is 331 g/mol. The van der Waals surface area contributed by atoms with Crippen LogP contribution in [0.2, 0.25) is 5.02 Å². The van der Waals surface area contributed by atoms with E-state index in [0.29, 0.717) is 16.3 Å². The third-order valence-electron chi connectivity index (χ3n) is 3.92. The van der Waals surface area contributed by atoms with Crippen molar-refractivity contribution in [1.82, 2.24) is 10.3 Å². The summed E-state index contributed by atoms with van der Waals surface area (Å²) in [6, 6.07) is 8.64. The lowest BCUT2D eigenvalue weighted by molar-refractivity contribution is 0.162. The molecule has 0 atom stereocenters. The van der Waals surface area contributed by atoms with Gasteiger partial charge in [-0.2, -0.15) is 0 Å². The van der Waals surface area contributed by atoms with Gasteiger partial charge < -0.3 is 14.8 Å². The maximum Gasteiger partial charge on any atom is 0.130 e. The summed E-state index contributed by atoms with van der Waals surface area (Å²) < 4.78 is 24.7. The Balaban J connectivity index is 1.62. The number of hydrogen-bond donors (Lipinski definition) is 1. The Kier molecular flexibility index (Phi) is 5.88. The van der Waals surface area contributed by atoms with Gasteiger partial charge in [0.2, 0.25) is 0 Å². The monoisotopic (exact) mass is 350 g/mol. The topological polar surface area (TPSA) is 43.4 Å². The zero-order valence-electron chi connectivity index (χ0n) is 13.3. The number of halogens is 2. The number of piperidine rings is 1. The molecule has 1 aromatic heterocycles. The number of benzene rings is 1. The van der Waals surface area contributed by atoms with E-state index >= 15 is 0 Å². The molecule has 2 aromatic rings. The average Bonchev–Trinajstić information content (AvgIpc) is 2.62. The molecular formula is C18H20ClFN2O2. The van der Waals surface area contributed by atoms with Gasteiger partial charge in [0.05, 0.1) is 5.69 Å². The highest BCUT2D eigenvalue weighted by molar-refractivity contribution is 6.30. The van der Waals surface area contributed by atoms with E-state index < -0.39 is 6.67 Å². The third-order valence-corrected chi connectivity index (χ3v) is 4.15. The number of nitrogens with zero attached hydrogens (tertiary/aromatic N) is 1. The molecule has 1 saturated heterocycles. The largest absolute Gasteiger partial charge is 0.490 e. The zero-order valence-corrected chi connectivity index (χ0v) is 14.1. The Bertz CT molecular complexity index is 678. The number of pyridine rings is 1. The van der Waals surface area contributed by atoms with Crippen molar-refractivity contribution in [3.8, 4) is 11.5 Å². The van der Waals surface area contributed by atoms with Gasteiger partial charge in [-0.25, -0.2) is 4.39 Å². The first-order valence-electron chi connectivity index (χ1n) is 8.04. The predicted molar refractivity (Wildman–Crippen MR) is 91.4 cm³/mol. The lowest BCUT2D eigenvalue weighted by Gasteiger charge is -2.23. The van der Waals surface area contributed by atoms with E-state index in [1.807, 2.05) is 12.1 Å². The fraction of sp³-hybridized carbons (Fsp3) is 0.389. The first kappa shape index (κ1) is 17.0. The van der Waals surface area contributed by atoms with Gasteiger partial charge in [0.15, 0.2) is 0 Å². The van der Waals surface area contributed by atoms with Crippen molar-refractivity contribution in [2.24, 2.45) is 0 Å². The van der Waals surface area contributed by atoms with Gasteiger partial charge >= 0.3 is 0 Å². The summed E-state index contributed by atoms with van der Waals surface area (Å²) in [5.74, 6) is 1.27. The van der Waals surface area contributed by atoms with E-state index in [9.17, 15) is 4.39 Å². The molecule has 0 bridgehead atoms. The summed E-state index contributed by atoms with van der Waals surface area (Å²) in [6.07, 6.45) is 3.93. The van der Waals surface area contributed by atoms with Gasteiger partial charge in [-0.15, -0.1) is 0 Å². The molecule has 3 rings (SSSR count). The first-order chi connectivity index (χ1) is 11.7. The Morgan fingerprint density at radius 3 is 2.83 bits per heavy atom. The van der Waals surface area contributed by atoms with E-state index in [1.165, 1.54) is 0 Å². The van der Waals surface area contributed by atoms with Gasteiger partial charge in [-0.1, -0.05) is 11.6 Å². The molecule has 24 heavy (non-hydrogen) atoms. The number of hydrogen-bond acceptors (Lipinski definition) is 4. The molecule has 0 aliphatic carbocycles. The van der Waals surface area contributed by atoms with Crippen LogP contribution in [0.5, 0.6) is 11.5 Å². The highest BCUT2D eigenvalue weighted by Crippen LogP contribution is 2.25. The minimum absolute atomic E-state index is 0.233. The minimum Gasteiger partial charge on any atom is -0.490 e. The Hall–Kier alpha value is -1.85. The van der Waals surface area contributed by atoms with Crippen molar-refractivity contribution < 1.29 is 13.9 Å². The second kappa shape index (κ2) is 8.31. The Labute approximate surface area is 146 Å². The molecule has 0 radical (unpaired) electrons. The van der Waals surface area contributed by atoms with Gasteiger partial charge in [-0.3, -0.25) is 4.98 Å². The van der Waals surface area contributed by atoms with Crippen LogP contribution in [0.4, 0.5) is 4.39 Å². The van der Waals surface area contributed by atoms with Gasteiger partial charge in [0.25, 0.3) is 0 Å². The molecule has 1 aliphatic heterocycles. The number of aromatic nitrogens is 1. The Morgan fingerprint density at radius 2 is 2.04 bits per heavy atom. The van der Waals surface area contributed by atoms with E-state index in [2.05, 4.69) is 10.3 Å². The standard InChI is InChI=1S/C18H20ClFN2O2/c19-14-1-2-18(13(9-14)11-20)23-12-15-10-17(5-8-22-15)24-16-3-6-21-7-4-16/h1-2,5,8-10,16,21H,3-4,6-7,11-12H2. The molecule has 0 spiro atoms. The molecule has 1 aromatic carbocycles. The predicted octanol–water partition coefficient (Wildman–Crippen LogP) is 3.91. The van der Waals surface area contributed by atoms with Gasteiger partial charge in [0, 0.05) is 22.8 Å². The molecule has 0 amide bonds. The highest BCUT2D eigenvalue weighted by atomic mass is 35.5. The summed E-state index contributed by atoms with van der Waals surface area (Å²) in [4.78, 5) is 4.28. The zero-order chi connectivity index (χ0) is 16.8. The summed E-state index contributed by atoms with van der Waals surface area (Å²) in [5.41, 5.74) is 1.17. The van der Waals surface area contributed by atoms with E-state index in [-0.39, 0.29) is 12.7 Å². The van der Waals surface area contributed by atoms with Crippen LogP contribution in [0.3, 0.4) is 0 Å². The van der Waals surface area contributed by atoms with Crippen LogP contribution in [-0.2, 0) is 13.3 Å². The number of rotatable bonds is 6. The van der Waals surface area contributed by atoms with Gasteiger partial charge in [-0.05, 0) is 50.2 Å². The van der Waals surface area contributed by atoms with E-state index in [0.717, 1.165) is 37.4 Å². The van der Waals surface area contributed by atoms with Crippen molar-refractivity contribution in [3.05, 3.63) is 52.8 Å². The van der Waals surface area contributed by atoms with Crippen LogP contribution in [0.25, 0.3) is 0 Å². The average molecular weight is 351 g/mol. The quantitative estimate of drug-likeness (QED) is 0.857. The van der Waals surface area contributed by atoms with E-state index in [4.69, 9.17) is 21.1 Å². The SMILES string of the molecule is FCc1cc(Cl)ccc1OCc1cc(OC2CCNCC2)ccn1. The smallest absolute Gasteiger partial charge is 0.130 e. The van der Waals surface area contributed by atoms with Gasteiger partial charge in [0.1, 0.15) is 30.9 Å². The minimum atomic E-state index is -0.623. The summed E-state index contributed by atoms with van der Waals surface area (Å²) in [7, 11) is 0. The fourth-order valence-corrected chi connectivity index (χ4v) is 2.85. The maximum atomic E-state index is 13.0. The number of ether oxygens (including phenoxy) is 2. The highest BCUT2D eigenvalue weighted by Gasteiger charge is 2.14. The second-order valence-corrected chi connectivity index (χ2v) is 6.16.